The van der Waals surface area contributed by atoms with Crippen molar-refractivity contribution in [3.8, 4) is 5.69 Å². The number of aromatic nitrogens is 2. The molecule has 1 heterocycles. The van der Waals surface area contributed by atoms with Crippen LogP contribution in [-0.2, 0) is 0 Å². The van der Waals surface area contributed by atoms with Gasteiger partial charge >= 0.3 is 0 Å². The van der Waals surface area contributed by atoms with Gasteiger partial charge in [0.25, 0.3) is 0 Å². The molecular formula is C15H21N3. The summed E-state index contributed by atoms with van der Waals surface area (Å²) < 4.78 is 2.08. The number of hydrogen-bond acceptors (Lipinski definition) is 2. The van der Waals surface area contributed by atoms with Crippen molar-refractivity contribution in [1.82, 2.24) is 9.55 Å². The Labute approximate surface area is 109 Å². The molecule has 0 radical (unpaired) electrons. The molecule has 18 heavy (non-hydrogen) atoms. The van der Waals surface area contributed by atoms with E-state index in [2.05, 4.69) is 47.8 Å². The highest BCUT2D eigenvalue weighted by atomic mass is 15.2. The maximum absolute atomic E-state index is 4.38. The summed E-state index contributed by atoms with van der Waals surface area (Å²) in [5.74, 6) is 2.22. The minimum Gasteiger partial charge on any atom is -0.355 e. The first-order valence-corrected chi connectivity index (χ1v) is 6.51. The first kappa shape index (κ1) is 12.7. The van der Waals surface area contributed by atoms with E-state index >= 15 is 0 Å². The third-order valence-electron chi connectivity index (χ3n) is 3.40. The van der Waals surface area contributed by atoms with Gasteiger partial charge in [-0.15, -0.1) is 0 Å². The molecule has 2 aromatic rings. The maximum atomic E-state index is 4.38. The Bertz CT molecular complexity index is 473. The SMILES string of the molecule is CC(C)C(C)CNc1nccn1-c1ccccc1. The lowest BCUT2D eigenvalue weighted by atomic mass is 9.98. The summed E-state index contributed by atoms with van der Waals surface area (Å²) in [4.78, 5) is 4.38. The molecular weight excluding hydrogens is 222 g/mol. The van der Waals surface area contributed by atoms with Gasteiger partial charge in [0, 0.05) is 24.6 Å². The minimum absolute atomic E-state index is 0.630. The van der Waals surface area contributed by atoms with E-state index in [1.165, 1.54) is 0 Å². The third kappa shape index (κ3) is 2.92. The van der Waals surface area contributed by atoms with Crippen molar-refractivity contribution in [2.24, 2.45) is 11.8 Å². The van der Waals surface area contributed by atoms with Crippen molar-refractivity contribution in [3.05, 3.63) is 42.7 Å². The number of nitrogens with one attached hydrogen (secondary N) is 1. The van der Waals surface area contributed by atoms with Crippen LogP contribution in [0, 0.1) is 11.8 Å². The van der Waals surface area contributed by atoms with Gasteiger partial charge < -0.3 is 5.32 Å². The smallest absolute Gasteiger partial charge is 0.207 e. The molecule has 0 fully saturated rings. The summed E-state index contributed by atoms with van der Waals surface area (Å²) >= 11 is 0. The average Bonchev–Trinajstić information content (AvgIpc) is 2.85. The van der Waals surface area contributed by atoms with Crippen LogP contribution >= 0.6 is 0 Å². The zero-order valence-corrected chi connectivity index (χ0v) is 11.3. The van der Waals surface area contributed by atoms with E-state index in [1.54, 1.807) is 0 Å². The van der Waals surface area contributed by atoms with E-state index in [0.29, 0.717) is 11.8 Å². The summed E-state index contributed by atoms with van der Waals surface area (Å²) in [6.07, 6.45) is 3.81. The lowest BCUT2D eigenvalue weighted by Crippen LogP contribution is -2.18. The average molecular weight is 243 g/mol. The van der Waals surface area contributed by atoms with Crippen molar-refractivity contribution >= 4 is 5.95 Å². The zero-order valence-electron chi connectivity index (χ0n) is 11.3. The van der Waals surface area contributed by atoms with Crippen LogP contribution in [0.2, 0.25) is 0 Å². The fourth-order valence-corrected chi connectivity index (χ4v) is 1.72. The van der Waals surface area contributed by atoms with E-state index in [0.717, 1.165) is 18.2 Å². The van der Waals surface area contributed by atoms with Crippen LogP contribution in [0.5, 0.6) is 0 Å². The first-order chi connectivity index (χ1) is 8.68. The molecule has 1 unspecified atom stereocenters. The van der Waals surface area contributed by atoms with Crippen LogP contribution in [-0.4, -0.2) is 16.1 Å². The molecule has 0 spiro atoms. The minimum atomic E-state index is 0.630. The molecule has 3 heteroatoms. The van der Waals surface area contributed by atoms with E-state index in [1.807, 2.05) is 30.6 Å². The molecule has 1 atom stereocenters. The Morgan fingerprint density at radius 3 is 2.56 bits per heavy atom. The first-order valence-electron chi connectivity index (χ1n) is 6.51. The van der Waals surface area contributed by atoms with Gasteiger partial charge in [-0.3, -0.25) is 4.57 Å². The standard InChI is InChI=1S/C15H21N3/c1-12(2)13(3)11-17-15-16-9-10-18(15)14-7-5-4-6-8-14/h4-10,12-13H,11H2,1-3H3,(H,16,17). The Hall–Kier alpha value is -1.77. The number of anilines is 1. The second-order valence-electron chi connectivity index (χ2n) is 5.06. The van der Waals surface area contributed by atoms with Gasteiger partial charge in [0.2, 0.25) is 5.95 Å². The largest absolute Gasteiger partial charge is 0.355 e. The van der Waals surface area contributed by atoms with Crippen molar-refractivity contribution in [2.45, 2.75) is 20.8 Å². The number of nitrogens with zero attached hydrogens (tertiary/aromatic N) is 2. The topological polar surface area (TPSA) is 29.9 Å². The quantitative estimate of drug-likeness (QED) is 0.870. The highest BCUT2D eigenvalue weighted by Gasteiger charge is 2.09. The number of benzene rings is 1. The molecule has 1 aromatic carbocycles. The molecule has 0 bridgehead atoms. The van der Waals surface area contributed by atoms with E-state index in [9.17, 15) is 0 Å². The van der Waals surface area contributed by atoms with Gasteiger partial charge in [0.05, 0.1) is 0 Å². The Morgan fingerprint density at radius 1 is 1.17 bits per heavy atom. The molecule has 1 aromatic heterocycles. The lowest BCUT2D eigenvalue weighted by molar-refractivity contribution is 0.439. The van der Waals surface area contributed by atoms with Crippen LogP contribution < -0.4 is 5.32 Å². The molecule has 0 amide bonds. The molecule has 1 N–H and O–H groups in total. The van der Waals surface area contributed by atoms with Crippen LogP contribution in [0.3, 0.4) is 0 Å². The van der Waals surface area contributed by atoms with Crippen LogP contribution in [0.1, 0.15) is 20.8 Å². The van der Waals surface area contributed by atoms with Crippen LogP contribution in [0.15, 0.2) is 42.7 Å². The Balaban J connectivity index is 2.09. The highest BCUT2D eigenvalue weighted by molar-refractivity contribution is 5.41. The predicted molar refractivity (Wildman–Crippen MR) is 76.1 cm³/mol. The lowest BCUT2D eigenvalue weighted by Gasteiger charge is -2.17. The van der Waals surface area contributed by atoms with Gasteiger partial charge in [0.15, 0.2) is 0 Å². The molecule has 0 saturated heterocycles. The molecule has 3 nitrogen and oxygen atoms in total. The van der Waals surface area contributed by atoms with Gasteiger partial charge in [-0.25, -0.2) is 4.98 Å². The number of para-hydroxylation sites is 1. The summed E-state index contributed by atoms with van der Waals surface area (Å²) in [6.45, 7) is 7.70. The van der Waals surface area contributed by atoms with Crippen molar-refractivity contribution in [1.29, 1.82) is 0 Å². The Morgan fingerprint density at radius 2 is 1.89 bits per heavy atom. The predicted octanol–water partition coefficient (Wildman–Crippen LogP) is 3.58. The molecule has 0 saturated carbocycles. The molecule has 0 aliphatic heterocycles. The van der Waals surface area contributed by atoms with Gasteiger partial charge in [0.1, 0.15) is 0 Å². The second kappa shape index (κ2) is 5.71. The molecule has 0 aliphatic carbocycles. The van der Waals surface area contributed by atoms with E-state index in [-0.39, 0.29) is 0 Å². The summed E-state index contributed by atoms with van der Waals surface area (Å²) in [7, 11) is 0. The Kier molecular flexibility index (Phi) is 4.03. The highest BCUT2D eigenvalue weighted by Crippen LogP contribution is 2.15. The molecule has 2 rings (SSSR count). The molecule has 0 aliphatic rings. The fraction of sp³-hybridized carbons (Fsp3) is 0.400. The van der Waals surface area contributed by atoms with Gasteiger partial charge in [-0.1, -0.05) is 39.0 Å². The van der Waals surface area contributed by atoms with Crippen LogP contribution in [0.25, 0.3) is 5.69 Å². The fourth-order valence-electron chi connectivity index (χ4n) is 1.72. The number of hydrogen-bond donors (Lipinski definition) is 1. The number of rotatable bonds is 5. The summed E-state index contributed by atoms with van der Waals surface area (Å²) in [5.41, 5.74) is 1.13. The van der Waals surface area contributed by atoms with Crippen LogP contribution in [0.4, 0.5) is 5.95 Å². The normalized spacial score (nSPS) is 12.7. The van der Waals surface area contributed by atoms with Crippen molar-refractivity contribution in [3.63, 3.8) is 0 Å². The second-order valence-corrected chi connectivity index (χ2v) is 5.06. The number of imidazole rings is 1. The maximum Gasteiger partial charge on any atom is 0.207 e. The van der Waals surface area contributed by atoms with E-state index in [4.69, 9.17) is 0 Å². The molecule has 96 valence electrons. The monoisotopic (exact) mass is 243 g/mol. The third-order valence-corrected chi connectivity index (χ3v) is 3.40. The van der Waals surface area contributed by atoms with Gasteiger partial charge in [-0.2, -0.15) is 0 Å². The van der Waals surface area contributed by atoms with E-state index < -0.39 is 0 Å². The summed E-state index contributed by atoms with van der Waals surface area (Å²) in [6, 6.07) is 10.3. The van der Waals surface area contributed by atoms with Crippen molar-refractivity contribution < 1.29 is 0 Å². The van der Waals surface area contributed by atoms with Crippen molar-refractivity contribution in [2.75, 3.05) is 11.9 Å². The van der Waals surface area contributed by atoms with Gasteiger partial charge in [-0.05, 0) is 24.0 Å². The zero-order chi connectivity index (χ0) is 13.0. The summed E-state index contributed by atoms with van der Waals surface area (Å²) in [5, 5.41) is 3.42.